The predicted octanol–water partition coefficient (Wildman–Crippen LogP) is 4.66. The summed E-state index contributed by atoms with van der Waals surface area (Å²) in [6, 6.07) is 18.6. The molecule has 0 spiro atoms. The molecule has 27 heavy (non-hydrogen) atoms. The lowest BCUT2D eigenvalue weighted by molar-refractivity contribution is 0.115. The normalized spacial score (nSPS) is 18.1. The summed E-state index contributed by atoms with van der Waals surface area (Å²) < 4.78 is 11.8. The van der Waals surface area contributed by atoms with E-state index in [9.17, 15) is 0 Å². The number of oxazole rings is 1. The first-order chi connectivity index (χ1) is 13.4. The highest BCUT2D eigenvalue weighted by Gasteiger charge is 2.25. The van der Waals surface area contributed by atoms with Crippen LogP contribution in [0.1, 0.15) is 36.6 Å². The summed E-state index contributed by atoms with van der Waals surface area (Å²) in [5, 5.41) is 0. The summed E-state index contributed by atoms with van der Waals surface area (Å²) in [5.41, 5.74) is 3.21. The summed E-state index contributed by atoms with van der Waals surface area (Å²) in [6.07, 6.45) is 4.44. The molecule has 4 heteroatoms. The molecule has 4 rings (SSSR count). The molecular weight excluding hydrogens is 336 g/mol. The van der Waals surface area contributed by atoms with E-state index < -0.39 is 0 Å². The molecule has 2 aromatic carbocycles. The maximum atomic E-state index is 5.99. The zero-order valence-corrected chi connectivity index (χ0v) is 15.8. The third-order valence-electron chi connectivity index (χ3n) is 5.31. The largest absolute Gasteiger partial charge is 0.440 e. The van der Waals surface area contributed by atoms with Gasteiger partial charge in [-0.25, -0.2) is 4.98 Å². The van der Waals surface area contributed by atoms with Crippen molar-refractivity contribution in [3.05, 3.63) is 66.1 Å². The number of benzene rings is 2. The van der Waals surface area contributed by atoms with Gasteiger partial charge in [-0.3, -0.25) is 0 Å². The number of hydrogen-bond acceptors (Lipinski definition) is 4. The van der Waals surface area contributed by atoms with Crippen LogP contribution < -0.4 is 0 Å². The smallest absolute Gasteiger partial charge is 0.199 e. The summed E-state index contributed by atoms with van der Waals surface area (Å²) in [4.78, 5) is 7.23. The first-order valence-corrected chi connectivity index (χ1v) is 10.1. The Kier molecular flexibility index (Phi) is 6.17. The molecule has 1 unspecified atom stereocenters. The molecule has 0 saturated carbocycles. The highest BCUT2D eigenvalue weighted by molar-refractivity contribution is 5.72. The number of ether oxygens (including phenoxy) is 1. The minimum Gasteiger partial charge on any atom is -0.440 e. The van der Waals surface area contributed by atoms with Gasteiger partial charge < -0.3 is 14.1 Å². The fraction of sp³-hybridized carbons (Fsp3) is 0.435. The van der Waals surface area contributed by atoms with Crippen molar-refractivity contribution in [2.75, 3.05) is 32.8 Å². The molecule has 3 aromatic rings. The zero-order valence-electron chi connectivity index (χ0n) is 15.8. The quantitative estimate of drug-likeness (QED) is 0.545. The molecule has 1 aliphatic heterocycles. The number of fused-ring (bicyclic) bond motifs is 1. The van der Waals surface area contributed by atoms with E-state index in [-0.39, 0.29) is 0 Å². The van der Waals surface area contributed by atoms with Gasteiger partial charge in [-0.05, 0) is 49.9 Å². The number of hydrogen-bond donors (Lipinski definition) is 0. The van der Waals surface area contributed by atoms with Crippen molar-refractivity contribution >= 4 is 11.1 Å². The van der Waals surface area contributed by atoms with Crippen LogP contribution in [0.15, 0.2) is 59.0 Å². The van der Waals surface area contributed by atoms with E-state index in [4.69, 9.17) is 14.1 Å². The Bertz CT molecular complexity index is 798. The monoisotopic (exact) mass is 364 g/mol. The van der Waals surface area contributed by atoms with E-state index in [0.29, 0.717) is 5.92 Å². The Hall–Kier alpha value is -2.17. The van der Waals surface area contributed by atoms with Crippen LogP contribution in [0, 0.1) is 0 Å². The van der Waals surface area contributed by atoms with Gasteiger partial charge in [-0.15, -0.1) is 0 Å². The van der Waals surface area contributed by atoms with Gasteiger partial charge in [0, 0.05) is 25.6 Å². The molecule has 1 saturated heterocycles. The molecule has 1 aliphatic rings. The number of piperidine rings is 1. The van der Waals surface area contributed by atoms with E-state index in [2.05, 4.69) is 35.2 Å². The van der Waals surface area contributed by atoms with E-state index in [1.165, 1.54) is 18.5 Å². The molecule has 1 aromatic heterocycles. The summed E-state index contributed by atoms with van der Waals surface area (Å²) in [6.45, 7) is 4.92. The van der Waals surface area contributed by atoms with E-state index in [1.807, 2.05) is 24.3 Å². The zero-order chi connectivity index (χ0) is 18.3. The van der Waals surface area contributed by atoms with E-state index in [1.54, 1.807) is 0 Å². The van der Waals surface area contributed by atoms with Crippen LogP contribution >= 0.6 is 0 Å². The SMILES string of the molecule is c1ccc(CCOCCCN2CCCC(c3nc4ccccc4o3)C2)cc1. The molecule has 0 aliphatic carbocycles. The number of para-hydroxylation sites is 2. The summed E-state index contributed by atoms with van der Waals surface area (Å²) in [7, 11) is 0. The average molecular weight is 364 g/mol. The second kappa shape index (κ2) is 9.16. The van der Waals surface area contributed by atoms with Crippen molar-refractivity contribution in [1.29, 1.82) is 0 Å². The highest BCUT2D eigenvalue weighted by Crippen LogP contribution is 2.28. The number of rotatable bonds is 8. The van der Waals surface area contributed by atoms with E-state index in [0.717, 1.165) is 62.6 Å². The molecule has 0 amide bonds. The molecule has 1 atom stereocenters. The third-order valence-corrected chi connectivity index (χ3v) is 5.31. The van der Waals surface area contributed by atoms with Crippen molar-refractivity contribution in [1.82, 2.24) is 9.88 Å². The fourth-order valence-electron chi connectivity index (χ4n) is 3.85. The molecule has 2 heterocycles. The van der Waals surface area contributed by atoms with Gasteiger partial charge in [0.25, 0.3) is 0 Å². The number of likely N-dealkylation sites (tertiary alicyclic amines) is 1. The maximum absolute atomic E-state index is 5.99. The Morgan fingerprint density at radius 1 is 1.04 bits per heavy atom. The molecule has 0 bridgehead atoms. The Labute approximate surface area is 161 Å². The molecule has 4 nitrogen and oxygen atoms in total. The minimum atomic E-state index is 0.408. The predicted molar refractivity (Wildman–Crippen MR) is 108 cm³/mol. The van der Waals surface area contributed by atoms with Crippen LogP contribution in [0.3, 0.4) is 0 Å². The van der Waals surface area contributed by atoms with Crippen LogP contribution in [-0.4, -0.2) is 42.7 Å². The summed E-state index contributed by atoms with van der Waals surface area (Å²) in [5.74, 6) is 1.31. The Balaban J connectivity index is 1.18. The molecule has 1 fully saturated rings. The van der Waals surface area contributed by atoms with Gasteiger partial charge in [0.2, 0.25) is 0 Å². The van der Waals surface area contributed by atoms with Crippen molar-refractivity contribution in [2.24, 2.45) is 0 Å². The lowest BCUT2D eigenvalue weighted by atomic mass is 9.98. The topological polar surface area (TPSA) is 38.5 Å². The Morgan fingerprint density at radius 2 is 1.89 bits per heavy atom. The number of nitrogens with zero attached hydrogens (tertiary/aromatic N) is 2. The first-order valence-electron chi connectivity index (χ1n) is 10.1. The van der Waals surface area contributed by atoms with Crippen LogP contribution in [0.2, 0.25) is 0 Å². The van der Waals surface area contributed by atoms with Crippen LogP contribution in [0.5, 0.6) is 0 Å². The van der Waals surface area contributed by atoms with Crippen molar-refractivity contribution in [3.63, 3.8) is 0 Å². The summed E-state index contributed by atoms with van der Waals surface area (Å²) >= 11 is 0. The average Bonchev–Trinajstić information content (AvgIpc) is 3.16. The first kappa shape index (κ1) is 18.2. The standard InChI is InChI=1S/C23H28N2O2/c1-2-8-19(9-3-1)13-17-26-16-7-15-25-14-6-10-20(18-25)23-24-21-11-4-5-12-22(21)27-23/h1-5,8-9,11-12,20H,6-7,10,13-18H2. The lowest BCUT2D eigenvalue weighted by Crippen LogP contribution is -2.35. The van der Waals surface area contributed by atoms with Gasteiger partial charge in [0.1, 0.15) is 5.52 Å². The second-order valence-corrected chi connectivity index (χ2v) is 7.36. The van der Waals surface area contributed by atoms with Gasteiger partial charge in [0.05, 0.1) is 6.61 Å². The van der Waals surface area contributed by atoms with Crippen LogP contribution in [0.25, 0.3) is 11.1 Å². The minimum absolute atomic E-state index is 0.408. The molecule has 142 valence electrons. The number of aromatic nitrogens is 1. The highest BCUT2D eigenvalue weighted by atomic mass is 16.5. The fourth-order valence-corrected chi connectivity index (χ4v) is 3.85. The van der Waals surface area contributed by atoms with Gasteiger partial charge in [0.15, 0.2) is 11.5 Å². The molecule has 0 N–H and O–H groups in total. The van der Waals surface area contributed by atoms with Crippen LogP contribution in [0.4, 0.5) is 0 Å². The van der Waals surface area contributed by atoms with E-state index >= 15 is 0 Å². The lowest BCUT2D eigenvalue weighted by Gasteiger charge is -2.31. The van der Waals surface area contributed by atoms with Gasteiger partial charge in [-0.2, -0.15) is 0 Å². The van der Waals surface area contributed by atoms with Gasteiger partial charge in [-0.1, -0.05) is 42.5 Å². The molecule has 0 radical (unpaired) electrons. The second-order valence-electron chi connectivity index (χ2n) is 7.36. The third kappa shape index (κ3) is 4.96. The maximum Gasteiger partial charge on any atom is 0.199 e. The molecular formula is C23H28N2O2. The Morgan fingerprint density at radius 3 is 2.78 bits per heavy atom. The van der Waals surface area contributed by atoms with Crippen LogP contribution in [-0.2, 0) is 11.2 Å². The van der Waals surface area contributed by atoms with Crippen molar-refractivity contribution in [2.45, 2.75) is 31.6 Å². The van der Waals surface area contributed by atoms with Gasteiger partial charge >= 0.3 is 0 Å². The van der Waals surface area contributed by atoms with Crippen molar-refractivity contribution in [3.8, 4) is 0 Å². The van der Waals surface area contributed by atoms with Crippen molar-refractivity contribution < 1.29 is 9.15 Å².